The smallest absolute Gasteiger partial charge is 0.335 e. The van der Waals surface area contributed by atoms with Gasteiger partial charge >= 0.3 is 5.97 Å². The summed E-state index contributed by atoms with van der Waals surface area (Å²) in [5.41, 5.74) is 7.72. The molecule has 11 nitrogen and oxygen atoms in total. The number of aromatic carboxylic acids is 1. The third-order valence-electron chi connectivity index (χ3n) is 7.47. The summed E-state index contributed by atoms with van der Waals surface area (Å²) < 4.78 is 6.85. The second-order valence-electron chi connectivity index (χ2n) is 9.97. The lowest BCUT2D eigenvalue weighted by Crippen LogP contribution is -2.43. The highest BCUT2D eigenvalue weighted by Gasteiger charge is 2.28. The molecule has 200 valence electrons. The van der Waals surface area contributed by atoms with Crippen LogP contribution < -0.4 is 10.6 Å². The number of rotatable bonds is 6. The van der Waals surface area contributed by atoms with Crippen molar-refractivity contribution in [1.82, 2.24) is 29.5 Å². The Kier molecular flexibility index (Phi) is 7.48. The zero-order valence-electron chi connectivity index (χ0n) is 20.9. The Labute approximate surface area is 226 Å². The number of nitrogens with zero attached hydrogens (tertiary/aromatic N) is 7. The van der Waals surface area contributed by atoms with Gasteiger partial charge in [0.1, 0.15) is 0 Å². The number of nitrogen functional groups attached to an aromatic ring is 1. The fourth-order valence-electron chi connectivity index (χ4n) is 5.58. The third kappa shape index (κ3) is 5.30. The minimum absolute atomic E-state index is 0. The molecule has 0 saturated carbocycles. The number of hydrogen-bond acceptors (Lipinski definition) is 9. The molecule has 3 N–H and O–H groups in total. The average molecular weight is 539 g/mol. The van der Waals surface area contributed by atoms with E-state index in [2.05, 4.69) is 35.9 Å². The highest BCUT2D eigenvalue weighted by atomic mass is 35.5. The van der Waals surface area contributed by atoms with Crippen LogP contribution >= 0.6 is 12.4 Å². The first-order valence-corrected chi connectivity index (χ1v) is 12.8. The van der Waals surface area contributed by atoms with E-state index in [4.69, 9.17) is 10.2 Å². The fraction of sp³-hybridized carbons (Fsp3) is 0.423. The standard InChI is InChI=1S/C26H30N8O3.ClH/c27-24-29-25(30-26-28-22(31-34(24)26)21-7-3-13-37-21)33-10-2-4-17(16-33)15-32-11-8-18(9-12-32)19-5-1-6-20(14-19)23(35)36;/h1,3,5-7,13-14,17-18H,2,4,8-12,15-16H2,(H,35,36)(H2,27,28,29,30,31);1H/t17-;/m0./s1. The van der Waals surface area contributed by atoms with Crippen LogP contribution in [0.1, 0.15) is 47.5 Å². The number of benzene rings is 1. The van der Waals surface area contributed by atoms with Crippen molar-refractivity contribution >= 4 is 36.1 Å². The van der Waals surface area contributed by atoms with E-state index in [0.717, 1.165) is 57.5 Å². The van der Waals surface area contributed by atoms with Crippen LogP contribution in [0, 0.1) is 5.92 Å². The monoisotopic (exact) mass is 538 g/mol. The molecule has 0 radical (unpaired) electrons. The van der Waals surface area contributed by atoms with Gasteiger partial charge in [0.05, 0.1) is 11.8 Å². The summed E-state index contributed by atoms with van der Waals surface area (Å²) in [6.45, 7) is 4.82. The lowest BCUT2D eigenvalue weighted by atomic mass is 9.88. The first-order chi connectivity index (χ1) is 18.0. The molecular weight excluding hydrogens is 508 g/mol. The van der Waals surface area contributed by atoms with E-state index in [1.807, 2.05) is 12.1 Å². The summed E-state index contributed by atoms with van der Waals surface area (Å²) in [6.07, 6.45) is 5.90. The van der Waals surface area contributed by atoms with Gasteiger partial charge in [-0.05, 0) is 80.4 Å². The number of piperidine rings is 2. The molecule has 2 saturated heterocycles. The van der Waals surface area contributed by atoms with E-state index in [-0.39, 0.29) is 18.4 Å². The van der Waals surface area contributed by atoms with E-state index < -0.39 is 5.97 Å². The molecule has 0 bridgehead atoms. The zero-order valence-corrected chi connectivity index (χ0v) is 21.8. The Morgan fingerprint density at radius 3 is 2.68 bits per heavy atom. The van der Waals surface area contributed by atoms with Gasteiger partial charge in [0, 0.05) is 19.6 Å². The molecule has 0 aliphatic carbocycles. The predicted octanol–water partition coefficient (Wildman–Crippen LogP) is 3.58. The Balaban J connectivity index is 0.00000294. The number of nitrogens with two attached hydrogens (primary N) is 1. The maximum atomic E-state index is 11.3. The largest absolute Gasteiger partial charge is 0.478 e. The van der Waals surface area contributed by atoms with Gasteiger partial charge in [-0.2, -0.15) is 19.5 Å². The first-order valence-electron chi connectivity index (χ1n) is 12.8. The fourth-order valence-corrected chi connectivity index (χ4v) is 5.58. The topological polar surface area (TPSA) is 139 Å². The SMILES string of the molecule is Cl.Nc1nc(N2CCC[C@@H](CN3CCC(c4cccc(C(=O)O)c4)CC3)C2)nc2nc(-c3ccco3)nn12. The predicted molar refractivity (Wildman–Crippen MR) is 145 cm³/mol. The molecule has 2 aliphatic heterocycles. The van der Waals surface area contributed by atoms with Crippen molar-refractivity contribution in [1.29, 1.82) is 0 Å². The molecule has 3 aromatic heterocycles. The number of furan rings is 1. The van der Waals surface area contributed by atoms with Crippen molar-refractivity contribution in [3.63, 3.8) is 0 Å². The molecule has 38 heavy (non-hydrogen) atoms. The summed E-state index contributed by atoms with van der Waals surface area (Å²) in [6, 6.07) is 11.0. The number of anilines is 2. The molecule has 0 amide bonds. The van der Waals surface area contributed by atoms with Crippen LogP contribution in [-0.2, 0) is 0 Å². The van der Waals surface area contributed by atoms with Crippen molar-refractivity contribution in [3.8, 4) is 11.6 Å². The van der Waals surface area contributed by atoms with Crippen LogP contribution in [0.2, 0.25) is 0 Å². The number of hydrogen-bond donors (Lipinski definition) is 2. The second kappa shape index (κ2) is 11.0. The van der Waals surface area contributed by atoms with Crippen LogP contribution in [0.25, 0.3) is 17.4 Å². The number of halogens is 1. The molecule has 2 aliphatic rings. The van der Waals surface area contributed by atoms with E-state index in [1.54, 1.807) is 24.5 Å². The van der Waals surface area contributed by atoms with Crippen molar-refractivity contribution in [3.05, 3.63) is 53.8 Å². The Morgan fingerprint density at radius 1 is 1.08 bits per heavy atom. The summed E-state index contributed by atoms with van der Waals surface area (Å²) in [5.74, 6) is 2.29. The van der Waals surface area contributed by atoms with E-state index in [0.29, 0.717) is 40.7 Å². The van der Waals surface area contributed by atoms with Crippen molar-refractivity contribution in [2.75, 3.05) is 43.4 Å². The maximum Gasteiger partial charge on any atom is 0.335 e. The first kappa shape index (κ1) is 25.9. The molecule has 0 spiro atoms. The molecule has 12 heteroatoms. The van der Waals surface area contributed by atoms with Crippen LogP contribution in [0.15, 0.2) is 47.1 Å². The van der Waals surface area contributed by atoms with Gasteiger partial charge in [0.15, 0.2) is 5.76 Å². The molecule has 1 aromatic carbocycles. The average Bonchev–Trinajstić information content (AvgIpc) is 3.60. The molecule has 5 heterocycles. The number of aromatic nitrogens is 5. The Morgan fingerprint density at radius 2 is 1.92 bits per heavy atom. The molecule has 4 aromatic rings. The summed E-state index contributed by atoms with van der Waals surface area (Å²) in [4.78, 5) is 29.8. The van der Waals surface area contributed by atoms with E-state index >= 15 is 0 Å². The maximum absolute atomic E-state index is 11.3. The van der Waals surface area contributed by atoms with Crippen LogP contribution in [0.3, 0.4) is 0 Å². The molecule has 0 unspecified atom stereocenters. The van der Waals surface area contributed by atoms with Crippen LogP contribution in [-0.4, -0.2) is 73.3 Å². The van der Waals surface area contributed by atoms with E-state index in [9.17, 15) is 9.90 Å². The summed E-state index contributed by atoms with van der Waals surface area (Å²) >= 11 is 0. The van der Waals surface area contributed by atoms with Gasteiger partial charge in [0.2, 0.25) is 17.7 Å². The molecule has 6 rings (SSSR count). The minimum atomic E-state index is -0.868. The molecule has 2 fully saturated rings. The Hall–Kier alpha value is -3.70. The van der Waals surface area contributed by atoms with Gasteiger partial charge in [-0.15, -0.1) is 17.5 Å². The van der Waals surface area contributed by atoms with Crippen molar-refractivity contribution in [2.24, 2.45) is 5.92 Å². The highest BCUT2D eigenvalue weighted by Crippen LogP contribution is 2.30. The normalized spacial score (nSPS) is 18.9. The van der Waals surface area contributed by atoms with Gasteiger partial charge < -0.3 is 25.1 Å². The Bertz CT molecular complexity index is 1400. The number of carboxylic acid groups (broad SMARTS) is 1. The lowest BCUT2D eigenvalue weighted by Gasteiger charge is -2.38. The van der Waals surface area contributed by atoms with E-state index in [1.165, 1.54) is 10.9 Å². The number of carbonyl (C=O) groups is 1. The highest BCUT2D eigenvalue weighted by molar-refractivity contribution is 5.87. The minimum Gasteiger partial charge on any atom is -0.478 e. The van der Waals surface area contributed by atoms with Gasteiger partial charge in [-0.3, -0.25) is 0 Å². The molecular formula is C26H31ClN8O3. The molecule has 1 atom stereocenters. The number of fused-ring (bicyclic) bond motifs is 1. The zero-order chi connectivity index (χ0) is 25.4. The van der Waals surface area contributed by atoms with Crippen molar-refractivity contribution in [2.45, 2.75) is 31.6 Å². The van der Waals surface area contributed by atoms with Crippen molar-refractivity contribution < 1.29 is 14.3 Å². The summed E-state index contributed by atoms with van der Waals surface area (Å²) in [5, 5.41) is 13.7. The number of likely N-dealkylation sites (tertiary alicyclic amines) is 1. The summed E-state index contributed by atoms with van der Waals surface area (Å²) in [7, 11) is 0. The lowest BCUT2D eigenvalue weighted by molar-refractivity contribution is 0.0696. The quantitative estimate of drug-likeness (QED) is 0.374. The van der Waals surface area contributed by atoms with Crippen LogP contribution in [0.5, 0.6) is 0 Å². The second-order valence-corrected chi connectivity index (χ2v) is 9.97. The van der Waals surface area contributed by atoms with Crippen LogP contribution in [0.4, 0.5) is 11.9 Å². The van der Waals surface area contributed by atoms with Gasteiger partial charge in [0.25, 0.3) is 5.78 Å². The third-order valence-corrected chi connectivity index (χ3v) is 7.47. The number of carboxylic acids is 1. The van der Waals surface area contributed by atoms with Gasteiger partial charge in [-0.1, -0.05) is 12.1 Å². The van der Waals surface area contributed by atoms with Gasteiger partial charge in [-0.25, -0.2) is 4.79 Å².